The molecule has 2 amide bonds. The maximum absolute atomic E-state index is 14.7. The van der Waals surface area contributed by atoms with Crippen LogP contribution in [0.3, 0.4) is 0 Å². The molecule has 0 heterocycles. The van der Waals surface area contributed by atoms with Gasteiger partial charge in [0.1, 0.15) is 18.3 Å². The Hall–Kier alpha value is -3.76. The fourth-order valence-corrected chi connectivity index (χ4v) is 7.14. The molecule has 0 spiro atoms. The number of nitrogens with zero attached hydrogens (tertiary/aromatic N) is 2. The normalized spacial score (nSPS) is 12.2. The van der Waals surface area contributed by atoms with Crippen molar-refractivity contribution in [1.82, 2.24) is 10.2 Å². The SMILES string of the molecule is COc1ccc(N(CC(=O)N(Cc2ccc(Cl)cc2Cl)[C@H](Cc2ccccc2)C(=O)NC(C)(C)C)S(=O)(=O)c2ccc(C)cc2)cc1Cl. The fourth-order valence-electron chi connectivity index (χ4n) is 5.02. The molecule has 0 aliphatic carbocycles. The Kier molecular flexibility index (Phi) is 12.1. The number of amides is 2. The lowest BCUT2D eigenvalue weighted by atomic mass is 10.0. The Balaban J connectivity index is 1.86. The van der Waals surface area contributed by atoms with Gasteiger partial charge in [-0.05, 0) is 81.3 Å². The molecule has 12 heteroatoms. The Morgan fingerprint density at radius 2 is 1.54 bits per heavy atom. The second kappa shape index (κ2) is 15.6. The molecule has 0 saturated heterocycles. The largest absolute Gasteiger partial charge is 0.495 e. The van der Waals surface area contributed by atoms with Crippen molar-refractivity contribution in [2.75, 3.05) is 18.0 Å². The zero-order chi connectivity index (χ0) is 35.2. The molecule has 0 fully saturated rings. The number of hydrogen-bond acceptors (Lipinski definition) is 5. The van der Waals surface area contributed by atoms with Gasteiger partial charge in [0.15, 0.2) is 0 Å². The van der Waals surface area contributed by atoms with E-state index in [1.165, 1.54) is 42.3 Å². The number of methoxy groups -OCH3 is 1. The topological polar surface area (TPSA) is 96.0 Å². The lowest BCUT2D eigenvalue weighted by Gasteiger charge is -2.35. The van der Waals surface area contributed by atoms with Crippen LogP contribution in [0.25, 0.3) is 0 Å². The first-order valence-electron chi connectivity index (χ1n) is 15.1. The van der Waals surface area contributed by atoms with Crippen molar-refractivity contribution in [2.45, 2.75) is 57.1 Å². The maximum atomic E-state index is 14.7. The van der Waals surface area contributed by atoms with Gasteiger partial charge in [-0.3, -0.25) is 13.9 Å². The highest BCUT2D eigenvalue weighted by Gasteiger charge is 2.36. The molecule has 1 atom stereocenters. The maximum Gasteiger partial charge on any atom is 0.264 e. The van der Waals surface area contributed by atoms with Gasteiger partial charge in [0.25, 0.3) is 10.0 Å². The van der Waals surface area contributed by atoms with Crippen molar-refractivity contribution in [3.63, 3.8) is 0 Å². The van der Waals surface area contributed by atoms with Crippen LogP contribution < -0.4 is 14.4 Å². The molecule has 48 heavy (non-hydrogen) atoms. The summed E-state index contributed by atoms with van der Waals surface area (Å²) < 4.78 is 34.8. The number of rotatable bonds is 12. The van der Waals surface area contributed by atoms with Crippen LogP contribution in [-0.4, -0.2) is 50.4 Å². The molecule has 4 rings (SSSR count). The third-order valence-electron chi connectivity index (χ3n) is 7.44. The first kappa shape index (κ1) is 37.1. The smallest absolute Gasteiger partial charge is 0.264 e. The van der Waals surface area contributed by atoms with Crippen LogP contribution in [0, 0.1) is 6.92 Å². The van der Waals surface area contributed by atoms with E-state index in [9.17, 15) is 18.0 Å². The summed E-state index contributed by atoms with van der Waals surface area (Å²) in [5, 5.41) is 3.85. The van der Waals surface area contributed by atoms with E-state index < -0.39 is 40.0 Å². The molecule has 8 nitrogen and oxygen atoms in total. The van der Waals surface area contributed by atoms with E-state index in [4.69, 9.17) is 39.5 Å². The molecule has 4 aromatic carbocycles. The molecular formula is C36H38Cl3N3O5S. The van der Waals surface area contributed by atoms with Crippen molar-refractivity contribution in [3.05, 3.63) is 123 Å². The summed E-state index contributed by atoms with van der Waals surface area (Å²) in [6.07, 6.45) is 0.152. The van der Waals surface area contributed by atoms with Crippen LogP contribution in [0.4, 0.5) is 5.69 Å². The Labute approximate surface area is 297 Å². The van der Waals surface area contributed by atoms with E-state index in [1.807, 2.05) is 58.0 Å². The quantitative estimate of drug-likeness (QED) is 0.161. The number of benzene rings is 4. The predicted octanol–water partition coefficient (Wildman–Crippen LogP) is 7.71. The van der Waals surface area contributed by atoms with Gasteiger partial charge in [-0.25, -0.2) is 8.42 Å². The van der Waals surface area contributed by atoms with E-state index in [-0.39, 0.29) is 28.6 Å². The number of hydrogen-bond donors (Lipinski definition) is 1. The van der Waals surface area contributed by atoms with Gasteiger partial charge in [-0.15, -0.1) is 0 Å². The average Bonchev–Trinajstić information content (AvgIpc) is 3.02. The average molecular weight is 731 g/mol. The minimum atomic E-state index is -4.31. The molecule has 0 saturated carbocycles. The van der Waals surface area contributed by atoms with Gasteiger partial charge in [-0.1, -0.05) is 88.9 Å². The molecule has 0 radical (unpaired) electrons. The number of sulfonamides is 1. The van der Waals surface area contributed by atoms with E-state index in [2.05, 4.69) is 5.32 Å². The standard InChI is InChI=1S/C36H38Cl3N3O5S/c1-24-11-16-29(17-12-24)48(45,46)42(28-15-18-33(47-5)31(39)21-28)23-34(43)41(22-26-13-14-27(37)20-30(26)38)32(35(44)40-36(2,3)4)19-25-9-7-6-8-10-25/h6-18,20-21,32H,19,22-23H2,1-5H3,(H,40,44)/t32-/m1/s1. The highest BCUT2D eigenvalue weighted by atomic mass is 35.5. The highest BCUT2D eigenvalue weighted by Crippen LogP contribution is 2.33. The van der Waals surface area contributed by atoms with Gasteiger partial charge in [0.2, 0.25) is 11.8 Å². The van der Waals surface area contributed by atoms with Crippen molar-refractivity contribution < 1.29 is 22.7 Å². The van der Waals surface area contributed by atoms with Crippen molar-refractivity contribution >= 4 is 62.3 Å². The van der Waals surface area contributed by atoms with Crippen LogP contribution in [0.5, 0.6) is 5.75 Å². The van der Waals surface area contributed by atoms with Crippen molar-refractivity contribution in [2.24, 2.45) is 0 Å². The van der Waals surface area contributed by atoms with Crippen molar-refractivity contribution in [3.8, 4) is 5.75 Å². The predicted molar refractivity (Wildman–Crippen MR) is 193 cm³/mol. The van der Waals surface area contributed by atoms with Crippen LogP contribution in [0.15, 0.2) is 95.9 Å². The number of carbonyl (C=O) groups excluding carboxylic acids is 2. The summed E-state index contributed by atoms with van der Waals surface area (Å²) in [7, 11) is -2.87. The molecule has 4 aromatic rings. The summed E-state index contributed by atoms with van der Waals surface area (Å²) in [6, 6.07) is 23.9. The minimum Gasteiger partial charge on any atom is -0.495 e. The van der Waals surface area contributed by atoms with E-state index >= 15 is 0 Å². The minimum absolute atomic E-state index is 0.0218. The molecule has 254 valence electrons. The van der Waals surface area contributed by atoms with Crippen LogP contribution in [-0.2, 0) is 32.6 Å². The second-order valence-electron chi connectivity index (χ2n) is 12.3. The first-order chi connectivity index (χ1) is 22.6. The number of aryl methyl sites for hydroxylation is 1. The molecule has 0 aromatic heterocycles. The van der Waals surface area contributed by atoms with E-state index in [0.29, 0.717) is 21.4 Å². The van der Waals surface area contributed by atoms with Crippen LogP contribution >= 0.6 is 34.8 Å². The summed E-state index contributed by atoms with van der Waals surface area (Å²) in [6.45, 7) is 6.61. The van der Waals surface area contributed by atoms with Crippen LogP contribution in [0.2, 0.25) is 15.1 Å². The Bertz CT molecular complexity index is 1860. The zero-order valence-electron chi connectivity index (χ0n) is 27.3. The van der Waals surface area contributed by atoms with Gasteiger partial charge in [-0.2, -0.15) is 0 Å². The summed E-state index contributed by atoms with van der Waals surface area (Å²) in [5.41, 5.74) is 1.70. The number of halogens is 3. The van der Waals surface area contributed by atoms with Gasteiger partial charge < -0.3 is 15.0 Å². The molecule has 0 bridgehead atoms. The number of anilines is 1. The first-order valence-corrected chi connectivity index (χ1v) is 17.7. The van der Waals surface area contributed by atoms with Gasteiger partial charge in [0.05, 0.1) is 22.7 Å². The van der Waals surface area contributed by atoms with E-state index in [1.54, 1.807) is 30.3 Å². The molecule has 1 N–H and O–H groups in total. The lowest BCUT2D eigenvalue weighted by Crippen LogP contribution is -2.56. The molecular weight excluding hydrogens is 693 g/mol. The van der Waals surface area contributed by atoms with Gasteiger partial charge >= 0.3 is 0 Å². The highest BCUT2D eigenvalue weighted by molar-refractivity contribution is 7.92. The molecule has 0 aliphatic rings. The fraction of sp³-hybridized carbons (Fsp3) is 0.278. The van der Waals surface area contributed by atoms with Crippen LogP contribution in [0.1, 0.15) is 37.5 Å². The Morgan fingerprint density at radius 1 is 0.875 bits per heavy atom. The molecule has 0 aliphatic heterocycles. The van der Waals surface area contributed by atoms with E-state index in [0.717, 1.165) is 15.4 Å². The summed E-state index contributed by atoms with van der Waals surface area (Å²) in [4.78, 5) is 30.0. The monoisotopic (exact) mass is 729 g/mol. The van der Waals surface area contributed by atoms with Gasteiger partial charge in [0, 0.05) is 28.5 Å². The Morgan fingerprint density at radius 3 is 2.12 bits per heavy atom. The second-order valence-corrected chi connectivity index (χ2v) is 15.5. The van der Waals surface area contributed by atoms with Crippen molar-refractivity contribution in [1.29, 1.82) is 0 Å². The summed E-state index contributed by atoms with van der Waals surface area (Å²) >= 11 is 19.2. The zero-order valence-corrected chi connectivity index (χ0v) is 30.4. The number of nitrogens with one attached hydrogen (secondary N) is 1. The third kappa shape index (κ3) is 9.44. The third-order valence-corrected chi connectivity index (χ3v) is 10.1. The lowest BCUT2D eigenvalue weighted by molar-refractivity contribution is -0.140. The number of ether oxygens (including phenoxy) is 1. The summed E-state index contributed by atoms with van der Waals surface area (Å²) in [5.74, 6) is -0.723. The molecule has 0 unspecified atom stereocenters. The number of carbonyl (C=O) groups is 2.